The molecule has 0 bridgehead atoms. The zero-order valence-electron chi connectivity index (χ0n) is 11.1. The number of benzene rings is 1. The van der Waals surface area contributed by atoms with Crippen LogP contribution < -0.4 is 5.32 Å². The molecule has 0 heterocycles. The molecule has 1 aliphatic carbocycles. The van der Waals surface area contributed by atoms with Crippen molar-refractivity contribution in [2.45, 2.75) is 45.3 Å². The monoisotopic (exact) mass is 264 g/mol. The summed E-state index contributed by atoms with van der Waals surface area (Å²) in [7, 11) is 0. The highest BCUT2D eigenvalue weighted by atomic mass is 16.6. The molecule has 104 valence electrons. The Labute approximate surface area is 112 Å². The second kappa shape index (κ2) is 6.02. The third-order valence-electron chi connectivity index (χ3n) is 3.82. The molecule has 2 N–H and O–H groups in total. The minimum Gasteiger partial charge on any atom is -0.392 e. The summed E-state index contributed by atoms with van der Waals surface area (Å²) < 4.78 is 0. The molecule has 0 unspecified atom stereocenters. The van der Waals surface area contributed by atoms with Crippen molar-refractivity contribution in [3.63, 3.8) is 0 Å². The van der Waals surface area contributed by atoms with Gasteiger partial charge in [-0.15, -0.1) is 0 Å². The molecule has 0 aliphatic heterocycles. The summed E-state index contributed by atoms with van der Waals surface area (Å²) in [5.41, 5.74) is 1.30. The molecule has 1 aromatic carbocycles. The Bertz CT molecular complexity index is 454. The van der Waals surface area contributed by atoms with Gasteiger partial charge in [0.1, 0.15) is 5.69 Å². The van der Waals surface area contributed by atoms with Crippen LogP contribution in [0, 0.1) is 16.0 Å². The van der Waals surface area contributed by atoms with Crippen LogP contribution in [0.25, 0.3) is 0 Å². The van der Waals surface area contributed by atoms with Crippen LogP contribution in [0.3, 0.4) is 0 Å². The van der Waals surface area contributed by atoms with Crippen molar-refractivity contribution in [1.82, 2.24) is 0 Å². The van der Waals surface area contributed by atoms with E-state index < -0.39 is 0 Å². The predicted octanol–water partition coefficient (Wildman–Crippen LogP) is 3.08. The molecule has 0 atom stereocenters. The molecular weight excluding hydrogens is 244 g/mol. The molecule has 0 saturated heterocycles. The number of nitrogens with zero attached hydrogens (tertiary/aromatic N) is 1. The lowest BCUT2D eigenvalue weighted by Gasteiger charge is -2.27. The second-order valence-corrected chi connectivity index (χ2v) is 5.37. The van der Waals surface area contributed by atoms with Gasteiger partial charge in [-0.3, -0.25) is 10.1 Å². The Morgan fingerprint density at radius 2 is 2.05 bits per heavy atom. The molecule has 1 saturated carbocycles. The first-order valence-corrected chi connectivity index (χ1v) is 6.75. The smallest absolute Gasteiger partial charge is 0.292 e. The molecule has 0 aromatic heterocycles. The quantitative estimate of drug-likeness (QED) is 0.647. The summed E-state index contributed by atoms with van der Waals surface area (Å²) in [5, 5.41) is 23.4. The van der Waals surface area contributed by atoms with Crippen molar-refractivity contribution < 1.29 is 10.0 Å². The van der Waals surface area contributed by atoms with Crippen molar-refractivity contribution in [1.29, 1.82) is 0 Å². The van der Waals surface area contributed by atoms with E-state index in [9.17, 15) is 10.1 Å². The van der Waals surface area contributed by atoms with Crippen LogP contribution in [0.1, 0.15) is 38.2 Å². The maximum absolute atomic E-state index is 11.0. The van der Waals surface area contributed by atoms with E-state index in [1.807, 2.05) is 0 Å². The van der Waals surface area contributed by atoms with Crippen molar-refractivity contribution in [2.24, 2.45) is 5.92 Å². The zero-order valence-corrected chi connectivity index (χ0v) is 11.1. The van der Waals surface area contributed by atoms with Gasteiger partial charge in [0.05, 0.1) is 11.5 Å². The standard InChI is InChI=1S/C14H20N2O3/c1-10-2-5-12(6-3-10)15-13-8-11(9-17)4-7-14(13)16(18)19/h4,7-8,10,12,15,17H,2-3,5-6,9H2,1H3. The first-order valence-electron chi connectivity index (χ1n) is 6.75. The number of nitro groups is 1. The summed E-state index contributed by atoms with van der Waals surface area (Å²) >= 11 is 0. The van der Waals surface area contributed by atoms with Gasteiger partial charge in [-0.1, -0.05) is 6.92 Å². The second-order valence-electron chi connectivity index (χ2n) is 5.37. The van der Waals surface area contributed by atoms with Crippen LogP contribution in [0.2, 0.25) is 0 Å². The minimum absolute atomic E-state index is 0.0795. The molecule has 0 spiro atoms. The maximum atomic E-state index is 11.0. The van der Waals surface area contributed by atoms with Crippen LogP contribution in [0.5, 0.6) is 0 Å². The number of nitro benzene ring substituents is 1. The first kappa shape index (κ1) is 13.8. The number of rotatable bonds is 4. The van der Waals surface area contributed by atoms with Gasteiger partial charge >= 0.3 is 0 Å². The Hall–Kier alpha value is -1.62. The minimum atomic E-state index is -0.380. The van der Waals surface area contributed by atoms with E-state index in [0.29, 0.717) is 17.3 Å². The lowest BCUT2D eigenvalue weighted by molar-refractivity contribution is -0.384. The Morgan fingerprint density at radius 1 is 1.37 bits per heavy atom. The van der Waals surface area contributed by atoms with E-state index in [4.69, 9.17) is 5.11 Å². The average Bonchev–Trinajstić information content (AvgIpc) is 2.41. The van der Waals surface area contributed by atoms with Crippen molar-refractivity contribution in [2.75, 3.05) is 5.32 Å². The van der Waals surface area contributed by atoms with E-state index in [1.54, 1.807) is 12.1 Å². The summed E-state index contributed by atoms with van der Waals surface area (Å²) in [4.78, 5) is 10.6. The number of hydrogen-bond acceptors (Lipinski definition) is 4. The lowest BCUT2D eigenvalue weighted by atomic mass is 9.87. The normalized spacial score (nSPS) is 23.1. The molecule has 2 rings (SSSR count). The molecule has 0 amide bonds. The van der Waals surface area contributed by atoms with Gasteiger partial charge < -0.3 is 10.4 Å². The fraction of sp³-hybridized carbons (Fsp3) is 0.571. The van der Waals surface area contributed by atoms with Gasteiger partial charge in [-0.2, -0.15) is 0 Å². The number of nitrogens with one attached hydrogen (secondary N) is 1. The van der Waals surface area contributed by atoms with Crippen molar-refractivity contribution >= 4 is 11.4 Å². The molecule has 5 heteroatoms. The van der Waals surface area contributed by atoms with E-state index in [0.717, 1.165) is 31.6 Å². The van der Waals surface area contributed by atoms with Crippen LogP contribution in [-0.2, 0) is 6.61 Å². The predicted molar refractivity (Wildman–Crippen MR) is 74.1 cm³/mol. The number of hydrogen-bond donors (Lipinski definition) is 2. The third kappa shape index (κ3) is 3.44. The first-order chi connectivity index (χ1) is 9.10. The van der Waals surface area contributed by atoms with E-state index in [2.05, 4.69) is 12.2 Å². The van der Waals surface area contributed by atoms with E-state index in [-0.39, 0.29) is 17.2 Å². The highest BCUT2D eigenvalue weighted by Gasteiger charge is 2.21. The summed E-state index contributed by atoms with van der Waals surface area (Å²) in [6, 6.07) is 5.02. The Balaban J connectivity index is 2.15. The molecule has 19 heavy (non-hydrogen) atoms. The van der Waals surface area contributed by atoms with Gasteiger partial charge in [-0.25, -0.2) is 0 Å². The van der Waals surface area contributed by atoms with Gasteiger partial charge in [0.15, 0.2) is 0 Å². The van der Waals surface area contributed by atoms with E-state index in [1.165, 1.54) is 6.07 Å². The highest BCUT2D eigenvalue weighted by Crippen LogP contribution is 2.30. The fourth-order valence-corrected chi connectivity index (χ4v) is 2.58. The van der Waals surface area contributed by atoms with Crippen LogP contribution >= 0.6 is 0 Å². The number of aliphatic hydroxyl groups is 1. The summed E-state index contributed by atoms with van der Waals surface area (Å²) in [6.45, 7) is 2.14. The molecular formula is C14H20N2O3. The highest BCUT2D eigenvalue weighted by molar-refractivity contribution is 5.63. The summed E-state index contributed by atoms with van der Waals surface area (Å²) in [6.07, 6.45) is 4.40. The lowest BCUT2D eigenvalue weighted by Crippen LogP contribution is -2.25. The van der Waals surface area contributed by atoms with Crippen molar-refractivity contribution in [3.8, 4) is 0 Å². The third-order valence-corrected chi connectivity index (χ3v) is 3.82. The summed E-state index contributed by atoms with van der Waals surface area (Å²) in [5.74, 6) is 0.747. The van der Waals surface area contributed by atoms with Crippen molar-refractivity contribution in [3.05, 3.63) is 33.9 Å². The SMILES string of the molecule is CC1CCC(Nc2cc(CO)ccc2[N+](=O)[O-])CC1. The molecule has 5 nitrogen and oxygen atoms in total. The molecule has 1 aliphatic rings. The van der Waals surface area contributed by atoms with Gasteiger partial charge in [0.25, 0.3) is 5.69 Å². The van der Waals surface area contributed by atoms with Gasteiger partial charge in [0, 0.05) is 12.1 Å². The van der Waals surface area contributed by atoms with Crippen LogP contribution in [0.4, 0.5) is 11.4 Å². The number of aliphatic hydroxyl groups excluding tert-OH is 1. The Morgan fingerprint density at radius 3 is 2.63 bits per heavy atom. The largest absolute Gasteiger partial charge is 0.392 e. The number of anilines is 1. The zero-order chi connectivity index (χ0) is 13.8. The average molecular weight is 264 g/mol. The van der Waals surface area contributed by atoms with E-state index >= 15 is 0 Å². The topological polar surface area (TPSA) is 75.4 Å². The van der Waals surface area contributed by atoms with Gasteiger partial charge in [0.2, 0.25) is 0 Å². The molecule has 1 fully saturated rings. The molecule has 0 radical (unpaired) electrons. The maximum Gasteiger partial charge on any atom is 0.292 e. The van der Waals surface area contributed by atoms with Crippen LogP contribution in [0.15, 0.2) is 18.2 Å². The Kier molecular flexibility index (Phi) is 4.37. The molecule has 1 aromatic rings. The van der Waals surface area contributed by atoms with Gasteiger partial charge in [-0.05, 0) is 49.3 Å². The fourth-order valence-electron chi connectivity index (χ4n) is 2.58. The van der Waals surface area contributed by atoms with Crippen LogP contribution in [-0.4, -0.2) is 16.1 Å².